The van der Waals surface area contributed by atoms with E-state index in [1.165, 1.54) is 12.4 Å². The van der Waals surface area contributed by atoms with Crippen molar-refractivity contribution in [1.29, 1.82) is 0 Å². The quantitative estimate of drug-likeness (QED) is 0.752. The Morgan fingerprint density at radius 1 is 1.69 bits per heavy atom. The van der Waals surface area contributed by atoms with Crippen LogP contribution in [0.4, 0.5) is 0 Å². The van der Waals surface area contributed by atoms with Gasteiger partial charge in [0.1, 0.15) is 12.0 Å². The monoisotopic (exact) mass is 220 g/mol. The zero-order valence-corrected chi connectivity index (χ0v) is 8.67. The molecule has 6 nitrogen and oxygen atoms in total. The molecule has 0 spiro atoms. The van der Waals surface area contributed by atoms with Crippen molar-refractivity contribution in [3.8, 4) is 0 Å². The van der Waals surface area contributed by atoms with Gasteiger partial charge in [-0.15, -0.1) is 5.10 Å². The number of carbonyl (C=O) groups is 1. The van der Waals surface area contributed by atoms with Crippen molar-refractivity contribution >= 4 is 18.1 Å². The third kappa shape index (κ3) is 2.10. The fourth-order valence-electron chi connectivity index (χ4n) is 1.17. The minimum Gasteiger partial charge on any atom is -0.382 e. The topological polar surface area (TPSA) is 80.3 Å². The summed E-state index contributed by atoms with van der Waals surface area (Å²) in [4.78, 5) is 20.3. The average molecular weight is 220 g/mol. The van der Waals surface area contributed by atoms with Crippen LogP contribution in [0.5, 0.6) is 0 Å². The van der Waals surface area contributed by atoms with Gasteiger partial charge in [-0.05, 0) is 18.9 Å². The number of carbonyl (C=O) groups excluding carboxylic acids is 1. The van der Waals surface area contributed by atoms with Crippen LogP contribution < -0.4 is 5.73 Å². The number of aliphatic imine (C=N–C) groups is 1. The first kappa shape index (κ1) is 10.4. The number of hydroxylamine groups is 1. The van der Waals surface area contributed by atoms with Crippen LogP contribution in [0.3, 0.4) is 0 Å². The Labute approximate surface area is 92.7 Å². The van der Waals surface area contributed by atoms with Crippen molar-refractivity contribution in [3.63, 3.8) is 0 Å². The maximum Gasteiger partial charge on any atom is 0.338 e. The summed E-state index contributed by atoms with van der Waals surface area (Å²) in [7, 11) is 0. The SMILES string of the molecule is C=C/C=C1/C(N)=NC=NN1OC(=O)C1CC1. The Morgan fingerprint density at radius 3 is 3.06 bits per heavy atom. The molecule has 0 amide bonds. The van der Waals surface area contributed by atoms with Gasteiger partial charge in [-0.3, -0.25) is 0 Å². The molecule has 1 aliphatic carbocycles. The van der Waals surface area contributed by atoms with Gasteiger partial charge in [-0.2, -0.15) is 0 Å². The van der Waals surface area contributed by atoms with Crippen LogP contribution in [0.25, 0.3) is 0 Å². The predicted molar refractivity (Wildman–Crippen MR) is 59.0 cm³/mol. The second-order valence-corrected chi connectivity index (χ2v) is 3.49. The molecule has 84 valence electrons. The molecule has 2 N–H and O–H groups in total. The fourth-order valence-corrected chi connectivity index (χ4v) is 1.17. The molecular formula is C10H12N4O2. The standard InChI is InChI=1S/C10H12N4O2/c1-2-3-8-9(11)12-6-13-14(8)16-10(15)7-4-5-7/h2-3,6-7H,1,4-5H2,(H2,11,12,13)/b8-3-. The lowest BCUT2D eigenvalue weighted by Gasteiger charge is -2.21. The normalized spacial score (nSPS) is 21.9. The molecule has 0 aromatic heterocycles. The minimum absolute atomic E-state index is 0.000251. The lowest BCUT2D eigenvalue weighted by molar-refractivity contribution is -0.181. The Balaban J connectivity index is 2.10. The highest BCUT2D eigenvalue weighted by Crippen LogP contribution is 2.31. The predicted octanol–water partition coefficient (Wildman–Crippen LogP) is 0.541. The van der Waals surface area contributed by atoms with E-state index in [4.69, 9.17) is 10.6 Å². The summed E-state index contributed by atoms with van der Waals surface area (Å²) in [6.07, 6.45) is 6.09. The molecule has 0 unspecified atom stereocenters. The largest absolute Gasteiger partial charge is 0.382 e. The van der Waals surface area contributed by atoms with Gasteiger partial charge < -0.3 is 10.6 Å². The lowest BCUT2D eigenvalue weighted by Crippen LogP contribution is -2.33. The van der Waals surface area contributed by atoms with E-state index < -0.39 is 0 Å². The van der Waals surface area contributed by atoms with Gasteiger partial charge in [-0.1, -0.05) is 17.8 Å². The van der Waals surface area contributed by atoms with E-state index in [-0.39, 0.29) is 17.7 Å². The van der Waals surface area contributed by atoms with Gasteiger partial charge in [-0.25, -0.2) is 9.79 Å². The molecule has 16 heavy (non-hydrogen) atoms. The summed E-state index contributed by atoms with van der Waals surface area (Å²) >= 11 is 0. The van der Waals surface area contributed by atoms with Crippen LogP contribution in [-0.4, -0.2) is 23.3 Å². The number of allylic oxidation sites excluding steroid dienone is 2. The number of amidine groups is 1. The van der Waals surface area contributed by atoms with E-state index in [2.05, 4.69) is 16.7 Å². The Bertz CT molecular complexity index is 407. The van der Waals surface area contributed by atoms with Gasteiger partial charge in [0.15, 0.2) is 5.84 Å². The molecule has 6 heteroatoms. The van der Waals surface area contributed by atoms with Crippen molar-refractivity contribution in [2.75, 3.05) is 0 Å². The fraction of sp³-hybridized carbons (Fsp3) is 0.300. The first-order chi connectivity index (χ1) is 7.72. The van der Waals surface area contributed by atoms with Crippen LogP contribution in [0.15, 0.2) is 34.5 Å². The number of rotatable bonds is 3. The number of hydrogen-bond acceptors (Lipinski definition) is 6. The minimum atomic E-state index is -0.290. The smallest absolute Gasteiger partial charge is 0.338 e. The molecule has 0 radical (unpaired) electrons. The molecule has 0 atom stereocenters. The van der Waals surface area contributed by atoms with Crippen molar-refractivity contribution in [1.82, 2.24) is 5.17 Å². The van der Waals surface area contributed by atoms with Crippen LogP contribution in [0.2, 0.25) is 0 Å². The summed E-state index contributed by atoms with van der Waals surface area (Å²) < 4.78 is 0. The lowest BCUT2D eigenvalue weighted by atomic mass is 10.3. The first-order valence-electron chi connectivity index (χ1n) is 4.93. The van der Waals surface area contributed by atoms with E-state index in [1.54, 1.807) is 6.08 Å². The molecule has 0 aromatic carbocycles. The zero-order chi connectivity index (χ0) is 11.5. The number of nitrogens with zero attached hydrogens (tertiary/aromatic N) is 3. The highest BCUT2D eigenvalue weighted by atomic mass is 16.7. The Kier molecular flexibility index (Phi) is 2.72. The Morgan fingerprint density at radius 2 is 2.44 bits per heavy atom. The summed E-state index contributed by atoms with van der Waals surface area (Å²) in [6.45, 7) is 3.54. The van der Waals surface area contributed by atoms with Crippen molar-refractivity contribution < 1.29 is 9.63 Å². The molecule has 0 saturated heterocycles. The molecule has 1 fully saturated rings. The van der Waals surface area contributed by atoms with Gasteiger partial charge in [0.25, 0.3) is 0 Å². The van der Waals surface area contributed by atoms with Crippen LogP contribution in [0, 0.1) is 5.92 Å². The van der Waals surface area contributed by atoms with E-state index in [0.717, 1.165) is 18.0 Å². The maximum absolute atomic E-state index is 11.5. The van der Waals surface area contributed by atoms with Crippen molar-refractivity contribution in [2.24, 2.45) is 21.7 Å². The van der Waals surface area contributed by atoms with E-state index >= 15 is 0 Å². The number of hydrazone groups is 1. The zero-order valence-electron chi connectivity index (χ0n) is 8.67. The van der Waals surface area contributed by atoms with Crippen molar-refractivity contribution in [3.05, 3.63) is 24.4 Å². The van der Waals surface area contributed by atoms with E-state index in [1.807, 2.05) is 0 Å². The van der Waals surface area contributed by atoms with Crippen LogP contribution >= 0.6 is 0 Å². The molecule has 1 saturated carbocycles. The highest BCUT2D eigenvalue weighted by Gasteiger charge is 2.34. The third-order valence-corrected chi connectivity index (χ3v) is 2.18. The summed E-state index contributed by atoms with van der Waals surface area (Å²) in [5.74, 6) is -0.0550. The van der Waals surface area contributed by atoms with Crippen molar-refractivity contribution in [2.45, 2.75) is 12.8 Å². The summed E-state index contributed by atoms with van der Waals surface area (Å²) in [5, 5.41) is 4.89. The van der Waals surface area contributed by atoms with E-state index in [9.17, 15) is 4.79 Å². The Hall–Kier alpha value is -2.11. The van der Waals surface area contributed by atoms with Gasteiger partial charge in [0, 0.05) is 0 Å². The molecule has 2 rings (SSSR count). The van der Waals surface area contributed by atoms with Crippen LogP contribution in [0.1, 0.15) is 12.8 Å². The van der Waals surface area contributed by atoms with Crippen LogP contribution in [-0.2, 0) is 9.63 Å². The second-order valence-electron chi connectivity index (χ2n) is 3.49. The van der Waals surface area contributed by atoms with E-state index in [0.29, 0.717) is 5.70 Å². The average Bonchev–Trinajstić information content (AvgIpc) is 3.06. The molecule has 1 heterocycles. The van der Waals surface area contributed by atoms with Gasteiger partial charge in [0.2, 0.25) is 0 Å². The summed E-state index contributed by atoms with van der Waals surface area (Å²) in [5.41, 5.74) is 6.04. The highest BCUT2D eigenvalue weighted by molar-refractivity contribution is 6.01. The molecule has 0 bridgehead atoms. The second kappa shape index (κ2) is 4.18. The van der Waals surface area contributed by atoms with Gasteiger partial charge in [0.05, 0.1) is 5.92 Å². The molecule has 0 aromatic rings. The molecule has 2 aliphatic rings. The molecule has 1 aliphatic heterocycles. The number of nitrogens with two attached hydrogens (primary N) is 1. The first-order valence-corrected chi connectivity index (χ1v) is 4.93. The number of hydrogen-bond donors (Lipinski definition) is 1. The third-order valence-electron chi connectivity index (χ3n) is 2.18. The van der Waals surface area contributed by atoms with Gasteiger partial charge >= 0.3 is 5.97 Å². The maximum atomic E-state index is 11.5. The molecular weight excluding hydrogens is 208 g/mol. The summed E-state index contributed by atoms with van der Waals surface area (Å²) in [6, 6.07) is 0.